The third-order valence-electron chi connectivity index (χ3n) is 7.68. The van der Waals surface area contributed by atoms with Crippen molar-refractivity contribution in [1.29, 1.82) is 0 Å². The van der Waals surface area contributed by atoms with Crippen molar-refractivity contribution in [3.05, 3.63) is 0 Å². The van der Waals surface area contributed by atoms with Crippen LogP contribution in [0, 0.1) is 21.7 Å². The molecular weight excluding hydrogens is 464 g/mol. The van der Waals surface area contributed by atoms with E-state index in [0.29, 0.717) is 0 Å². The Hall–Kier alpha value is -2.64. The molecule has 8 heteroatoms. The van der Waals surface area contributed by atoms with Crippen molar-refractivity contribution in [3.8, 4) is 0 Å². The average Bonchev–Trinajstić information content (AvgIpc) is 2.77. The fourth-order valence-electron chi connectivity index (χ4n) is 3.26. The van der Waals surface area contributed by atoms with Crippen molar-refractivity contribution in [3.63, 3.8) is 0 Å². The highest BCUT2D eigenvalue weighted by Gasteiger charge is 2.40. The van der Waals surface area contributed by atoms with Crippen LogP contribution >= 0.6 is 0 Å². The Morgan fingerprint density at radius 2 is 0.472 bits per heavy atom. The maximum absolute atomic E-state index is 12.8. The smallest absolute Gasteiger partial charge is 0.146 e. The fraction of sp³-hybridized carbons (Fsp3) is 0.714. The second-order valence-corrected chi connectivity index (χ2v) is 11.7. The summed E-state index contributed by atoms with van der Waals surface area (Å²) in [7, 11) is 0. The summed E-state index contributed by atoms with van der Waals surface area (Å²) in [6.45, 7) is 14.3. The second-order valence-electron chi connectivity index (χ2n) is 11.7. The molecule has 0 aliphatic heterocycles. The maximum atomic E-state index is 12.8. The fourth-order valence-corrected chi connectivity index (χ4v) is 3.26. The van der Waals surface area contributed by atoms with Gasteiger partial charge in [-0.25, -0.2) is 0 Å². The van der Waals surface area contributed by atoms with Gasteiger partial charge in [0.05, 0.1) is 21.7 Å². The van der Waals surface area contributed by atoms with E-state index in [-0.39, 0.29) is 61.7 Å². The Morgan fingerprint density at radius 1 is 0.333 bits per heavy atom. The number of carbonyl (C=O) groups excluding carboxylic acids is 8. The number of hydrogen-bond acceptors (Lipinski definition) is 8. The van der Waals surface area contributed by atoms with Gasteiger partial charge in [-0.2, -0.15) is 0 Å². The molecule has 0 aromatic carbocycles. The predicted octanol–water partition coefficient (Wildman–Crippen LogP) is 4.02. The van der Waals surface area contributed by atoms with Gasteiger partial charge in [0.25, 0.3) is 0 Å². The molecule has 0 rings (SSSR count). The molecule has 0 unspecified atom stereocenters. The molecule has 0 N–H and O–H groups in total. The zero-order valence-electron chi connectivity index (χ0n) is 23.5. The van der Waals surface area contributed by atoms with Crippen LogP contribution in [0.3, 0.4) is 0 Å². The van der Waals surface area contributed by atoms with Crippen LogP contribution in [-0.4, -0.2) is 46.3 Å². The van der Waals surface area contributed by atoms with Gasteiger partial charge in [-0.05, 0) is 69.2 Å². The van der Waals surface area contributed by atoms with Crippen molar-refractivity contribution in [2.75, 3.05) is 0 Å². The minimum atomic E-state index is -1.43. The van der Waals surface area contributed by atoms with E-state index in [1.165, 1.54) is 69.2 Å². The number of rotatable bonds is 17. The lowest BCUT2D eigenvalue weighted by molar-refractivity contribution is -0.144. The standard InChI is InChI=1S/C28H42O8/c1-17(29)25(3,4)19(31)11-13-21(33)27(7,8)23(35)15-16-24(36)28(9,10)22(34)14-12-20(32)26(5,6)18(2)30/h11-16H2,1-10H3. The highest BCUT2D eigenvalue weighted by Crippen LogP contribution is 2.29. The van der Waals surface area contributed by atoms with E-state index in [1.807, 2.05) is 0 Å². The molecule has 36 heavy (non-hydrogen) atoms. The summed E-state index contributed by atoms with van der Waals surface area (Å²) in [6.07, 6.45) is -1.23. The van der Waals surface area contributed by atoms with Gasteiger partial charge >= 0.3 is 0 Å². The Bertz CT molecular complexity index is 882. The summed E-state index contributed by atoms with van der Waals surface area (Å²) >= 11 is 0. The number of hydrogen-bond donors (Lipinski definition) is 0. The number of ketones is 8. The summed E-state index contributed by atoms with van der Waals surface area (Å²) < 4.78 is 0. The first-order chi connectivity index (χ1) is 16.0. The van der Waals surface area contributed by atoms with Crippen LogP contribution in [0.25, 0.3) is 0 Å². The zero-order chi connectivity index (χ0) is 28.9. The summed E-state index contributed by atoms with van der Waals surface area (Å²) in [5, 5.41) is 0. The normalized spacial score (nSPS) is 12.6. The van der Waals surface area contributed by atoms with Crippen molar-refractivity contribution in [2.24, 2.45) is 21.7 Å². The molecule has 202 valence electrons. The monoisotopic (exact) mass is 506 g/mol. The van der Waals surface area contributed by atoms with Crippen molar-refractivity contribution < 1.29 is 38.4 Å². The van der Waals surface area contributed by atoms with Gasteiger partial charge in [-0.3, -0.25) is 38.4 Å². The Morgan fingerprint density at radius 3 is 0.611 bits per heavy atom. The van der Waals surface area contributed by atoms with Gasteiger partial charge in [-0.1, -0.05) is 0 Å². The SMILES string of the molecule is CC(=O)C(C)(C)C(=O)CCC(=O)C(C)(C)C(=O)CCC(=O)C(C)(C)C(=O)CCC(=O)C(C)(C)C(C)=O. The zero-order valence-corrected chi connectivity index (χ0v) is 23.5. The molecule has 0 fully saturated rings. The van der Waals surface area contributed by atoms with Crippen molar-refractivity contribution in [2.45, 2.75) is 108 Å². The number of carbonyl (C=O) groups is 8. The first-order valence-electron chi connectivity index (χ1n) is 12.3. The van der Waals surface area contributed by atoms with Crippen LogP contribution in [-0.2, 0) is 38.4 Å². The van der Waals surface area contributed by atoms with E-state index in [9.17, 15) is 38.4 Å². The molecule has 0 spiro atoms. The molecule has 0 aromatic heterocycles. The molecule has 0 saturated heterocycles. The van der Waals surface area contributed by atoms with Crippen LogP contribution in [0.15, 0.2) is 0 Å². The van der Waals surface area contributed by atoms with Crippen LogP contribution in [0.2, 0.25) is 0 Å². The molecule has 0 amide bonds. The topological polar surface area (TPSA) is 137 Å². The molecule has 0 aliphatic rings. The highest BCUT2D eigenvalue weighted by molar-refractivity contribution is 6.12. The van der Waals surface area contributed by atoms with Gasteiger partial charge < -0.3 is 0 Å². The van der Waals surface area contributed by atoms with Crippen LogP contribution in [0.1, 0.15) is 108 Å². The Balaban J connectivity index is 5.05. The summed E-state index contributed by atoms with van der Waals surface area (Å²) in [6, 6.07) is 0. The minimum Gasteiger partial charge on any atom is -0.299 e. The van der Waals surface area contributed by atoms with E-state index in [2.05, 4.69) is 0 Å². The first kappa shape index (κ1) is 33.4. The average molecular weight is 507 g/mol. The summed E-state index contributed by atoms with van der Waals surface area (Å²) in [4.78, 5) is 98.8. The van der Waals surface area contributed by atoms with Crippen molar-refractivity contribution >= 4 is 46.3 Å². The largest absolute Gasteiger partial charge is 0.299 e. The molecule has 0 atom stereocenters. The molecule has 0 saturated carbocycles. The van der Waals surface area contributed by atoms with Gasteiger partial charge in [0.15, 0.2) is 0 Å². The van der Waals surface area contributed by atoms with E-state index >= 15 is 0 Å². The van der Waals surface area contributed by atoms with E-state index in [1.54, 1.807) is 0 Å². The van der Waals surface area contributed by atoms with E-state index < -0.39 is 44.8 Å². The molecule has 0 heterocycles. The summed E-state index contributed by atoms with van der Waals surface area (Å²) in [5.74, 6) is -3.28. The lowest BCUT2D eigenvalue weighted by atomic mass is 9.75. The third-order valence-corrected chi connectivity index (χ3v) is 7.68. The van der Waals surface area contributed by atoms with E-state index in [0.717, 1.165) is 0 Å². The van der Waals surface area contributed by atoms with Gasteiger partial charge in [0.2, 0.25) is 0 Å². The van der Waals surface area contributed by atoms with Gasteiger partial charge in [-0.15, -0.1) is 0 Å². The van der Waals surface area contributed by atoms with Gasteiger partial charge in [0.1, 0.15) is 46.3 Å². The van der Waals surface area contributed by atoms with E-state index in [4.69, 9.17) is 0 Å². The highest BCUT2D eigenvalue weighted by atomic mass is 16.2. The van der Waals surface area contributed by atoms with Crippen LogP contribution < -0.4 is 0 Å². The van der Waals surface area contributed by atoms with Crippen LogP contribution in [0.5, 0.6) is 0 Å². The Kier molecular flexibility index (Phi) is 11.2. The predicted molar refractivity (Wildman–Crippen MR) is 134 cm³/mol. The first-order valence-corrected chi connectivity index (χ1v) is 12.3. The lowest BCUT2D eigenvalue weighted by Gasteiger charge is -2.25. The Labute approximate surface area is 214 Å². The molecule has 8 nitrogen and oxygen atoms in total. The lowest BCUT2D eigenvalue weighted by Crippen LogP contribution is -2.38. The second kappa shape index (κ2) is 12.1. The summed E-state index contributed by atoms with van der Waals surface area (Å²) in [5.41, 5.74) is -5.27. The van der Waals surface area contributed by atoms with Crippen molar-refractivity contribution in [1.82, 2.24) is 0 Å². The molecule has 0 radical (unpaired) electrons. The molecular formula is C28H42O8. The minimum absolute atomic E-state index is 0.165. The molecule has 0 aromatic rings. The third kappa shape index (κ3) is 7.93. The van der Waals surface area contributed by atoms with Gasteiger partial charge in [0, 0.05) is 38.5 Å². The number of Topliss-reactive ketones (excluding diaryl/α,β-unsaturated/α-hetero) is 8. The maximum Gasteiger partial charge on any atom is 0.146 e. The molecule has 0 aliphatic carbocycles. The molecule has 0 bridgehead atoms. The van der Waals surface area contributed by atoms with Crippen LogP contribution in [0.4, 0.5) is 0 Å². The quantitative estimate of drug-likeness (QED) is 0.270.